The Morgan fingerprint density at radius 3 is 2.59 bits per heavy atom. The molecule has 1 saturated carbocycles. The van der Waals surface area contributed by atoms with Gasteiger partial charge in [0.2, 0.25) is 0 Å². The molecule has 2 N–H and O–H groups in total. The summed E-state index contributed by atoms with van der Waals surface area (Å²) in [5.41, 5.74) is 0. The van der Waals surface area contributed by atoms with Gasteiger partial charge in [-0.05, 0) is 46.7 Å². The summed E-state index contributed by atoms with van der Waals surface area (Å²) >= 11 is 0. The molecule has 0 saturated heterocycles. The number of urea groups is 1. The van der Waals surface area contributed by atoms with E-state index in [4.69, 9.17) is 0 Å². The monoisotopic (exact) mass is 241 g/mol. The van der Waals surface area contributed by atoms with Crippen LogP contribution in [-0.2, 0) is 0 Å². The predicted octanol–water partition coefficient (Wildman–Crippen LogP) is 1.96. The van der Waals surface area contributed by atoms with Crippen LogP contribution >= 0.6 is 0 Å². The van der Waals surface area contributed by atoms with Crippen molar-refractivity contribution >= 4 is 6.03 Å². The molecule has 0 aromatic carbocycles. The second-order valence-corrected chi connectivity index (χ2v) is 5.31. The average molecular weight is 241 g/mol. The molecule has 1 rings (SSSR count). The van der Waals surface area contributed by atoms with E-state index in [1.807, 2.05) is 0 Å². The maximum atomic E-state index is 11.5. The molecule has 0 radical (unpaired) electrons. The lowest BCUT2D eigenvalue weighted by Gasteiger charge is -2.21. The fraction of sp³-hybridized carbons (Fsp3) is 0.923. The van der Waals surface area contributed by atoms with Crippen LogP contribution in [0.15, 0.2) is 0 Å². The van der Waals surface area contributed by atoms with Crippen LogP contribution in [0, 0.1) is 0 Å². The fourth-order valence-corrected chi connectivity index (χ4v) is 2.10. The number of nitrogens with one attached hydrogen (secondary N) is 2. The number of amides is 2. The van der Waals surface area contributed by atoms with Gasteiger partial charge in [0.25, 0.3) is 0 Å². The Hall–Kier alpha value is -0.770. The molecule has 0 bridgehead atoms. The van der Waals surface area contributed by atoms with Gasteiger partial charge in [0.1, 0.15) is 0 Å². The molecule has 4 heteroatoms. The maximum Gasteiger partial charge on any atom is 0.315 e. The second kappa shape index (κ2) is 7.54. The lowest BCUT2D eigenvalue weighted by molar-refractivity contribution is 0.234. The van der Waals surface area contributed by atoms with E-state index in [0.29, 0.717) is 12.1 Å². The van der Waals surface area contributed by atoms with Gasteiger partial charge in [-0.1, -0.05) is 12.8 Å². The Kier molecular flexibility index (Phi) is 6.34. The molecule has 0 atom stereocenters. The average Bonchev–Trinajstić information content (AvgIpc) is 2.76. The third kappa shape index (κ3) is 5.91. The third-order valence-electron chi connectivity index (χ3n) is 3.55. The number of rotatable bonds is 6. The number of nitrogens with zero attached hydrogens (tertiary/aromatic N) is 1. The SMILES string of the molecule is CC(C)N(C)CCCNC(=O)NC1CCCC1. The number of hydrogen-bond acceptors (Lipinski definition) is 2. The van der Waals surface area contributed by atoms with Gasteiger partial charge in [0, 0.05) is 18.6 Å². The molecule has 2 amide bonds. The minimum Gasteiger partial charge on any atom is -0.338 e. The Morgan fingerprint density at radius 2 is 2.00 bits per heavy atom. The van der Waals surface area contributed by atoms with Crippen LogP contribution in [0.4, 0.5) is 4.79 Å². The van der Waals surface area contributed by atoms with E-state index in [0.717, 1.165) is 32.4 Å². The minimum absolute atomic E-state index is 0.00380. The molecular weight excluding hydrogens is 214 g/mol. The number of hydrogen-bond donors (Lipinski definition) is 2. The van der Waals surface area contributed by atoms with Gasteiger partial charge in [-0.25, -0.2) is 4.79 Å². The Balaban J connectivity index is 2.00. The van der Waals surface area contributed by atoms with Crippen LogP contribution in [0.3, 0.4) is 0 Å². The van der Waals surface area contributed by atoms with Crippen LogP contribution in [0.2, 0.25) is 0 Å². The fourth-order valence-electron chi connectivity index (χ4n) is 2.10. The molecule has 4 nitrogen and oxygen atoms in total. The Morgan fingerprint density at radius 1 is 1.35 bits per heavy atom. The standard InChI is InChI=1S/C13H27N3O/c1-11(2)16(3)10-6-9-14-13(17)15-12-7-4-5-8-12/h11-12H,4-10H2,1-3H3,(H2,14,15,17). The zero-order valence-corrected chi connectivity index (χ0v) is 11.5. The van der Waals surface area contributed by atoms with Crippen molar-refractivity contribution < 1.29 is 4.79 Å². The van der Waals surface area contributed by atoms with Crippen LogP contribution in [0.25, 0.3) is 0 Å². The first-order valence-electron chi connectivity index (χ1n) is 6.84. The Labute approximate surface area is 105 Å². The molecule has 0 aromatic heterocycles. The maximum absolute atomic E-state index is 11.5. The van der Waals surface area contributed by atoms with Gasteiger partial charge in [-0.3, -0.25) is 0 Å². The highest BCUT2D eigenvalue weighted by atomic mass is 16.2. The topological polar surface area (TPSA) is 44.4 Å². The molecule has 0 unspecified atom stereocenters. The van der Waals surface area contributed by atoms with Crippen LogP contribution < -0.4 is 10.6 Å². The molecule has 0 spiro atoms. The first-order valence-corrected chi connectivity index (χ1v) is 6.84. The quantitative estimate of drug-likeness (QED) is 0.698. The highest BCUT2D eigenvalue weighted by molar-refractivity contribution is 5.74. The van der Waals surface area contributed by atoms with E-state index in [1.165, 1.54) is 12.8 Å². The van der Waals surface area contributed by atoms with Crippen molar-refractivity contribution in [3.05, 3.63) is 0 Å². The number of carbonyl (C=O) groups is 1. The van der Waals surface area contributed by atoms with Crippen molar-refractivity contribution in [2.45, 2.75) is 58.0 Å². The van der Waals surface area contributed by atoms with E-state index in [2.05, 4.69) is 36.4 Å². The summed E-state index contributed by atoms with van der Waals surface area (Å²) in [6.07, 6.45) is 5.80. The molecule has 1 fully saturated rings. The summed E-state index contributed by atoms with van der Waals surface area (Å²) in [4.78, 5) is 13.8. The minimum atomic E-state index is 0.00380. The summed E-state index contributed by atoms with van der Waals surface area (Å²) in [5, 5.41) is 5.95. The van der Waals surface area contributed by atoms with Crippen LogP contribution in [0.1, 0.15) is 46.0 Å². The van der Waals surface area contributed by atoms with Gasteiger partial charge >= 0.3 is 6.03 Å². The van der Waals surface area contributed by atoms with Gasteiger partial charge in [-0.2, -0.15) is 0 Å². The first kappa shape index (κ1) is 14.3. The zero-order valence-electron chi connectivity index (χ0n) is 11.5. The highest BCUT2D eigenvalue weighted by Gasteiger charge is 2.16. The summed E-state index contributed by atoms with van der Waals surface area (Å²) < 4.78 is 0. The highest BCUT2D eigenvalue weighted by Crippen LogP contribution is 2.17. The van der Waals surface area contributed by atoms with E-state index in [9.17, 15) is 4.79 Å². The normalized spacial score (nSPS) is 16.8. The molecule has 17 heavy (non-hydrogen) atoms. The van der Waals surface area contributed by atoms with Gasteiger partial charge in [0.15, 0.2) is 0 Å². The van der Waals surface area contributed by atoms with E-state index >= 15 is 0 Å². The largest absolute Gasteiger partial charge is 0.338 e. The molecule has 1 aliphatic carbocycles. The lowest BCUT2D eigenvalue weighted by Crippen LogP contribution is -2.41. The van der Waals surface area contributed by atoms with Gasteiger partial charge in [0.05, 0.1) is 0 Å². The van der Waals surface area contributed by atoms with Crippen molar-refractivity contribution in [1.82, 2.24) is 15.5 Å². The summed E-state index contributed by atoms with van der Waals surface area (Å²) in [6, 6.07) is 0.986. The second-order valence-electron chi connectivity index (χ2n) is 5.31. The summed E-state index contributed by atoms with van der Waals surface area (Å²) in [6.45, 7) is 6.15. The molecule has 1 aliphatic rings. The van der Waals surface area contributed by atoms with Gasteiger partial charge in [-0.15, -0.1) is 0 Å². The summed E-state index contributed by atoms with van der Waals surface area (Å²) in [5.74, 6) is 0. The molecule has 0 aliphatic heterocycles. The van der Waals surface area contributed by atoms with E-state index in [-0.39, 0.29) is 6.03 Å². The molecule has 0 heterocycles. The number of carbonyl (C=O) groups excluding carboxylic acids is 1. The van der Waals surface area contributed by atoms with Crippen molar-refractivity contribution in [1.29, 1.82) is 0 Å². The van der Waals surface area contributed by atoms with Crippen molar-refractivity contribution in [2.75, 3.05) is 20.1 Å². The predicted molar refractivity (Wildman–Crippen MR) is 71.2 cm³/mol. The summed E-state index contributed by atoms with van der Waals surface area (Å²) in [7, 11) is 2.11. The lowest BCUT2D eigenvalue weighted by atomic mass is 10.2. The van der Waals surface area contributed by atoms with Gasteiger partial charge < -0.3 is 15.5 Å². The molecular formula is C13H27N3O. The third-order valence-corrected chi connectivity index (χ3v) is 3.55. The Bertz CT molecular complexity index is 225. The van der Waals surface area contributed by atoms with Crippen molar-refractivity contribution in [2.24, 2.45) is 0 Å². The zero-order chi connectivity index (χ0) is 12.7. The molecule has 100 valence electrons. The van der Waals surface area contributed by atoms with Crippen molar-refractivity contribution in [3.63, 3.8) is 0 Å². The first-order chi connectivity index (χ1) is 8.09. The van der Waals surface area contributed by atoms with Crippen LogP contribution in [-0.4, -0.2) is 43.2 Å². The molecule has 0 aromatic rings. The van der Waals surface area contributed by atoms with E-state index in [1.54, 1.807) is 0 Å². The smallest absolute Gasteiger partial charge is 0.315 e. The van der Waals surface area contributed by atoms with E-state index < -0.39 is 0 Å². The van der Waals surface area contributed by atoms with Crippen molar-refractivity contribution in [3.8, 4) is 0 Å². The van der Waals surface area contributed by atoms with Crippen LogP contribution in [0.5, 0.6) is 0 Å².